The number of halogens is 1. The molecule has 0 unspecified atom stereocenters. The minimum absolute atomic E-state index is 0.423. The highest BCUT2D eigenvalue weighted by atomic mass is 35.5. The molecule has 16 heavy (non-hydrogen) atoms. The maximum absolute atomic E-state index is 8.44. The first-order chi connectivity index (χ1) is 7.72. The maximum Gasteiger partial charge on any atom is 0.145 e. The van der Waals surface area contributed by atoms with E-state index in [2.05, 4.69) is 11.4 Å². The Kier molecular flexibility index (Phi) is 4.74. The Balaban J connectivity index is 2.90. The zero-order valence-electron chi connectivity index (χ0n) is 9.21. The molecular weight excluding hydrogens is 228 g/mol. The summed E-state index contributed by atoms with van der Waals surface area (Å²) in [5.74, 6) is 1.20. The van der Waals surface area contributed by atoms with Gasteiger partial charge in [-0.15, -0.1) is 0 Å². The number of nitriles is 1. The summed E-state index contributed by atoms with van der Waals surface area (Å²) in [7, 11) is 3.11. The van der Waals surface area contributed by atoms with E-state index in [4.69, 9.17) is 26.3 Å². The lowest BCUT2D eigenvalue weighted by Crippen LogP contribution is -2.02. The van der Waals surface area contributed by atoms with Crippen LogP contribution in [0.2, 0.25) is 5.02 Å². The van der Waals surface area contributed by atoms with Gasteiger partial charge in [0.1, 0.15) is 11.5 Å². The molecule has 0 aliphatic heterocycles. The van der Waals surface area contributed by atoms with Crippen molar-refractivity contribution in [2.24, 2.45) is 0 Å². The van der Waals surface area contributed by atoms with Gasteiger partial charge in [-0.2, -0.15) is 5.26 Å². The predicted octanol–water partition coefficient (Wildman–Crippen LogP) is 2.68. The quantitative estimate of drug-likeness (QED) is 0.804. The summed E-state index contributed by atoms with van der Waals surface area (Å²) in [6.07, 6.45) is 0.423. The Morgan fingerprint density at radius 3 is 2.56 bits per heavy atom. The topological polar surface area (TPSA) is 54.3 Å². The van der Waals surface area contributed by atoms with Gasteiger partial charge < -0.3 is 14.8 Å². The van der Waals surface area contributed by atoms with Crippen LogP contribution in [0.15, 0.2) is 12.1 Å². The molecule has 86 valence electrons. The van der Waals surface area contributed by atoms with Crippen LogP contribution in [0.25, 0.3) is 0 Å². The monoisotopic (exact) mass is 240 g/mol. The molecule has 0 heterocycles. The van der Waals surface area contributed by atoms with E-state index < -0.39 is 0 Å². The molecule has 0 atom stereocenters. The molecule has 0 radical (unpaired) electrons. The zero-order chi connectivity index (χ0) is 12.0. The minimum atomic E-state index is 0.423. The number of methoxy groups -OCH3 is 2. The van der Waals surface area contributed by atoms with E-state index in [9.17, 15) is 0 Å². The molecule has 1 aromatic carbocycles. The van der Waals surface area contributed by atoms with Crippen molar-refractivity contribution < 1.29 is 9.47 Å². The number of hydrogen-bond donors (Lipinski definition) is 1. The van der Waals surface area contributed by atoms with Crippen molar-refractivity contribution >= 4 is 17.3 Å². The highest BCUT2D eigenvalue weighted by Gasteiger charge is 2.09. The van der Waals surface area contributed by atoms with Crippen molar-refractivity contribution in [3.8, 4) is 17.6 Å². The van der Waals surface area contributed by atoms with Crippen molar-refractivity contribution in [3.05, 3.63) is 17.2 Å². The maximum atomic E-state index is 8.44. The molecule has 1 rings (SSSR count). The van der Waals surface area contributed by atoms with Gasteiger partial charge in [0.2, 0.25) is 0 Å². The van der Waals surface area contributed by atoms with Crippen LogP contribution < -0.4 is 14.8 Å². The number of nitrogens with one attached hydrogen (secondary N) is 1. The fourth-order valence-corrected chi connectivity index (χ4v) is 1.49. The third-order valence-corrected chi connectivity index (χ3v) is 2.32. The molecule has 1 aromatic rings. The fraction of sp³-hybridized carbons (Fsp3) is 0.364. The van der Waals surface area contributed by atoms with E-state index in [1.54, 1.807) is 26.4 Å². The number of nitrogens with zero attached hydrogens (tertiary/aromatic N) is 1. The second-order valence-electron chi connectivity index (χ2n) is 3.02. The Bertz CT molecular complexity index is 402. The third kappa shape index (κ3) is 2.94. The van der Waals surface area contributed by atoms with E-state index in [1.807, 2.05) is 0 Å². The van der Waals surface area contributed by atoms with Crippen molar-refractivity contribution in [1.29, 1.82) is 5.26 Å². The fourth-order valence-electron chi connectivity index (χ4n) is 1.25. The van der Waals surface area contributed by atoms with Crippen LogP contribution in [0, 0.1) is 11.3 Å². The lowest BCUT2D eigenvalue weighted by Gasteiger charge is -2.12. The average molecular weight is 241 g/mol. The Labute approximate surface area is 99.7 Å². The first-order valence-corrected chi connectivity index (χ1v) is 5.13. The van der Waals surface area contributed by atoms with Crippen LogP contribution >= 0.6 is 11.6 Å². The van der Waals surface area contributed by atoms with Gasteiger partial charge >= 0.3 is 0 Å². The number of hydrogen-bond acceptors (Lipinski definition) is 4. The normalized spacial score (nSPS) is 9.38. The molecule has 1 N–H and O–H groups in total. The van der Waals surface area contributed by atoms with Gasteiger partial charge in [-0.1, -0.05) is 11.6 Å². The van der Waals surface area contributed by atoms with Crippen LogP contribution in [0.5, 0.6) is 11.5 Å². The Morgan fingerprint density at radius 1 is 1.31 bits per heavy atom. The summed E-state index contributed by atoms with van der Waals surface area (Å²) in [4.78, 5) is 0. The molecule has 0 bridgehead atoms. The van der Waals surface area contributed by atoms with Crippen molar-refractivity contribution in [2.75, 3.05) is 26.1 Å². The second-order valence-corrected chi connectivity index (χ2v) is 3.43. The van der Waals surface area contributed by atoms with Gasteiger partial charge in [-0.05, 0) is 6.07 Å². The van der Waals surface area contributed by atoms with Gasteiger partial charge in [0.05, 0.1) is 37.4 Å². The molecular formula is C11H13ClN2O2. The van der Waals surface area contributed by atoms with Crippen LogP contribution in [0.4, 0.5) is 5.69 Å². The number of rotatable bonds is 5. The lowest BCUT2D eigenvalue weighted by molar-refractivity contribution is 0.395. The summed E-state index contributed by atoms with van der Waals surface area (Å²) in [5.41, 5.74) is 0.753. The van der Waals surface area contributed by atoms with Crippen molar-refractivity contribution in [2.45, 2.75) is 6.42 Å². The molecule has 4 nitrogen and oxygen atoms in total. The Morgan fingerprint density at radius 2 is 2.00 bits per heavy atom. The van der Waals surface area contributed by atoms with Crippen LogP contribution in [-0.2, 0) is 0 Å². The smallest absolute Gasteiger partial charge is 0.145 e. The molecule has 5 heteroatoms. The van der Waals surface area contributed by atoms with Crippen LogP contribution in [0.3, 0.4) is 0 Å². The molecule has 0 saturated heterocycles. The Hall–Kier alpha value is -1.60. The van der Waals surface area contributed by atoms with E-state index in [0.717, 1.165) is 5.69 Å². The average Bonchev–Trinajstić information content (AvgIpc) is 2.30. The second kappa shape index (κ2) is 6.09. The van der Waals surface area contributed by atoms with E-state index in [-0.39, 0.29) is 0 Å². The first kappa shape index (κ1) is 12.5. The highest BCUT2D eigenvalue weighted by molar-refractivity contribution is 6.32. The van der Waals surface area contributed by atoms with Gasteiger partial charge in [0.25, 0.3) is 0 Å². The van der Waals surface area contributed by atoms with Crippen molar-refractivity contribution in [3.63, 3.8) is 0 Å². The molecule has 0 amide bonds. The number of benzene rings is 1. The molecule has 0 aliphatic carbocycles. The van der Waals surface area contributed by atoms with Crippen LogP contribution in [0.1, 0.15) is 6.42 Å². The summed E-state index contributed by atoms with van der Waals surface area (Å²) in [6, 6.07) is 5.48. The van der Waals surface area contributed by atoms with E-state index in [1.165, 1.54) is 0 Å². The lowest BCUT2D eigenvalue weighted by atomic mass is 10.2. The molecule has 0 saturated carbocycles. The van der Waals surface area contributed by atoms with Gasteiger partial charge in [-0.3, -0.25) is 0 Å². The van der Waals surface area contributed by atoms with E-state index >= 15 is 0 Å². The molecule has 0 aliphatic rings. The number of ether oxygens (including phenoxy) is 2. The first-order valence-electron chi connectivity index (χ1n) is 4.75. The van der Waals surface area contributed by atoms with Gasteiger partial charge in [0.15, 0.2) is 0 Å². The molecule has 0 spiro atoms. The number of anilines is 1. The summed E-state index contributed by atoms with van der Waals surface area (Å²) < 4.78 is 10.3. The summed E-state index contributed by atoms with van der Waals surface area (Å²) in [6.45, 7) is 0.551. The van der Waals surface area contributed by atoms with Gasteiger partial charge in [0, 0.05) is 12.6 Å². The summed E-state index contributed by atoms with van der Waals surface area (Å²) >= 11 is 5.99. The summed E-state index contributed by atoms with van der Waals surface area (Å²) in [5, 5.41) is 12.0. The highest BCUT2D eigenvalue weighted by Crippen LogP contribution is 2.35. The van der Waals surface area contributed by atoms with E-state index in [0.29, 0.717) is 29.5 Å². The van der Waals surface area contributed by atoms with Gasteiger partial charge in [-0.25, -0.2) is 0 Å². The molecule has 0 aromatic heterocycles. The third-order valence-electron chi connectivity index (χ3n) is 2.03. The largest absolute Gasteiger partial charge is 0.495 e. The molecule has 0 fully saturated rings. The predicted molar refractivity (Wildman–Crippen MR) is 63.3 cm³/mol. The zero-order valence-corrected chi connectivity index (χ0v) is 9.97. The van der Waals surface area contributed by atoms with Crippen molar-refractivity contribution in [1.82, 2.24) is 0 Å². The minimum Gasteiger partial charge on any atom is -0.495 e. The standard InChI is InChI=1S/C11H13ClN2O2/c1-15-10-7-11(16-2)9(6-8(10)12)14-5-3-4-13/h6-7,14H,3,5H2,1-2H3. The SMILES string of the molecule is COc1cc(OC)c(NCCC#N)cc1Cl. The van der Waals surface area contributed by atoms with Crippen LogP contribution in [-0.4, -0.2) is 20.8 Å².